The van der Waals surface area contributed by atoms with Gasteiger partial charge >= 0.3 is 0 Å². The highest BCUT2D eigenvalue weighted by Gasteiger charge is 2.11. The molecule has 1 aromatic rings. The molecule has 0 spiro atoms. The fraction of sp³-hybridized carbons (Fsp3) is 0.538. The van der Waals surface area contributed by atoms with Crippen molar-refractivity contribution in [2.75, 3.05) is 24.6 Å². The number of nitrogens with zero attached hydrogens (tertiary/aromatic N) is 1. The number of hydrogen-bond acceptors (Lipinski definition) is 4. The molecule has 0 fully saturated rings. The van der Waals surface area contributed by atoms with E-state index in [0.29, 0.717) is 12.1 Å². The summed E-state index contributed by atoms with van der Waals surface area (Å²) < 4.78 is 0. The Morgan fingerprint density at radius 1 is 1.29 bits per heavy atom. The van der Waals surface area contributed by atoms with Crippen molar-refractivity contribution in [2.24, 2.45) is 0 Å². The number of aliphatic hydroxyl groups excluding tert-OH is 2. The maximum Gasteiger partial charge on any atom is 0.123 e. The lowest BCUT2D eigenvalue weighted by molar-refractivity contribution is 0.195. The van der Waals surface area contributed by atoms with E-state index in [1.54, 1.807) is 19.1 Å². The largest absolute Gasteiger partial charge is 0.507 e. The molecule has 3 N–H and O–H groups in total. The summed E-state index contributed by atoms with van der Waals surface area (Å²) in [4.78, 5) is 2.01. The summed E-state index contributed by atoms with van der Waals surface area (Å²) in [6, 6.07) is 5.20. The monoisotopic (exact) mass is 239 g/mol. The molecule has 0 aliphatic heterocycles. The zero-order chi connectivity index (χ0) is 12.8. The second kappa shape index (κ2) is 6.47. The Bertz CT molecular complexity index is 347. The number of phenols is 1. The number of anilines is 1. The Labute approximate surface area is 102 Å². The zero-order valence-electron chi connectivity index (χ0n) is 10.4. The van der Waals surface area contributed by atoms with E-state index in [1.165, 1.54) is 0 Å². The summed E-state index contributed by atoms with van der Waals surface area (Å²) in [5.41, 5.74) is 1.39. The molecule has 4 nitrogen and oxygen atoms in total. The van der Waals surface area contributed by atoms with Gasteiger partial charge in [0, 0.05) is 30.4 Å². The molecule has 0 heterocycles. The van der Waals surface area contributed by atoms with Gasteiger partial charge in [-0.05, 0) is 19.4 Å². The van der Waals surface area contributed by atoms with E-state index in [9.17, 15) is 10.2 Å². The topological polar surface area (TPSA) is 63.9 Å². The Balaban J connectivity index is 2.93. The van der Waals surface area contributed by atoms with Crippen molar-refractivity contribution in [3.8, 4) is 5.75 Å². The normalized spacial score (nSPS) is 12.5. The van der Waals surface area contributed by atoms with E-state index in [2.05, 4.69) is 6.92 Å². The molecule has 1 aromatic carbocycles. The highest BCUT2D eigenvalue weighted by Crippen LogP contribution is 2.28. The third-order valence-electron chi connectivity index (χ3n) is 2.69. The molecular weight excluding hydrogens is 218 g/mol. The number of benzene rings is 1. The van der Waals surface area contributed by atoms with Crippen LogP contribution in [0.5, 0.6) is 5.75 Å². The summed E-state index contributed by atoms with van der Waals surface area (Å²) in [6.45, 7) is 5.13. The maximum absolute atomic E-state index is 9.80. The molecule has 0 saturated carbocycles. The van der Waals surface area contributed by atoms with Gasteiger partial charge in [-0.2, -0.15) is 0 Å². The van der Waals surface area contributed by atoms with Crippen LogP contribution in [0.2, 0.25) is 0 Å². The summed E-state index contributed by atoms with van der Waals surface area (Å²) in [6.07, 6.45) is 0.292. The maximum atomic E-state index is 9.80. The first kappa shape index (κ1) is 13.8. The lowest BCUT2D eigenvalue weighted by Crippen LogP contribution is -2.27. The minimum atomic E-state index is -0.679. The average Bonchev–Trinajstić information content (AvgIpc) is 2.28. The lowest BCUT2D eigenvalue weighted by atomic mass is 10.1. The van der Waals surface area contributed by atoms with Crippen LogP contribution in [0.3, 0.4) is 0 Å². The SMILES string of the molecule is CCCN(CCO)c1ccc(C(C)O)c(O)c1. The molecule has 0 aliphatic carbocycles. The molecule has 1 atom stereocenters. The van der Waals surface area contributed by atoms with Gasteiger partial charge in [-0.15, -0.1) is 0 Å². The van der Waals surface area contributed by atoms with Gasteiger partial charge in [-0.1, -0.05) is 13.0 Å². The molecule has 96 valence electrons. The summed E-state index contributed by atoms with van der Waals surface area (Å²) >= 11 is 0. The lowest BCUT2D eigenvalue weighted by Gasteiger charge is -2.24. The van der Waals surface area contributed by atoms with Gasteiger partial charge in [0.25, 0.3) is 0 Å². The van der Waals surface area contributed by atoms with Crippen LogP contribution in [-0.4, -0.2) is 35.0 Å². The minimum Gasteiger partial charge on any atom is -0.507 e. The quantitative estimate of drug-likeness (QED) is 0.706. The molecule has 0 aromatic heterocycles. The standard InChI is InChI=1S/C13H21NO3/c1-3-6-14(7-8-15)11-4-5-12(10(2)16)13(17)9-11/h4-5,9-10,15-17H,3,6-8H2,1-2H3. The predicted octanol–water partition coefficient (Wildman–Crippen LogP) is 1.65. The molecule has 1 rings (SSSR count). The van der Waals surface area contributed by atoms with E-state index in [4.69, 9.17) is 5.11 Å². The Morgan fingerprint density at radius 3 is 2.47 bits per heavy atom. The van der Waals surface area contributed by atoms with Crippen LogP contribution in [-0.2, 0) is 0 Å². The number of hydrogen-bond donors (Lipinski definition) is 3. The summed E-state index contributed by atoms with van der Waals surface area (Å²) in [7, 11) is 0. The molecule has 0 radical (unpaired) electrons. The van der Waals surface area contributed by atoms with Crippen molar-refractivity contribution in [3.05, 3.63) is 23.8 Å². The van der Waals surface area contributed by atoms with Crippen LogP contribution in [0.1, 0.15) is 31.9 Å². The van der Waals surface area contributed by atoms with Gasteiger partial charge in [-0.3, -0.25) is 0 Å². The van der Waals surface area contributed by atoms with Gasteiger partial charge in [0.2, 0.25) is 0 Å². The smallest absolute Gasteiger partial charge is 0.123 e. The highest BCUT2D eigenvalue weighted by atomic mass is 16.3. The second-order valence-corrected chi connectivity index (χ2v) is 4.13. The van der Waals surface area contributed by atoms with Crippen molar-refractivity contribution < 1.29 is 15.3 Å². The summed E-state index contributed by atoms with van der Waals surface area (Å²) in [5.74, 6) is 0.0940. The van der Waals surface area contributed by atoms with Gasteiger partial charge < -0.3 is 20.2 Å². The third kappa shape index (κ3) is 3.61. The fourth-order valence-corrected chi connectivity index (χ4v) is 1.84. The van der Waals surface area contributed by atoms with Crippen molar-refractivity contribution in [1.29, 1.82) is 0 Å². The van der Waals surface area contributed by atoms with E-state index in [-0.39, 0.29) is 12.4 Å². The molecule has 1 unspecified atom stereocenters. The first-order valence-electron chi connectivity index (χ1n) is 5.97. The Morgan fingerprint density at radius 2 is 2.00 bits per heavy atom. The third-order valence-corrected chi connectivity index (χ3v) is 2.69. The molecule has 0 amide bonds. The predicted molar refractivity (Wildman–Crippen MR) is 68.3 cm³/mol. The van der Waals surface area contributed by atoms with Crippen molar-refractivity contribution >= 4 is 5.69 Å². The Kier molecular flexibility index (Phi) is 5.25. The van der Waals surface area contributed by atoms with Crippen molar-refractivity contribution in [1.82, 2.24) is 0 Å². The number of rotatable bonds is 6. The van der Waals surface area contributed by atoms with Crippen LogP contribution < -0.4 is 4.90 Å². The van der Waals surface area contributed by atoms with Crippen LogP contribution in [0, 0.1) is 0 Å². The number of aliphatic hydroxyl groups is 2. The van der Waals surface area contributed by atoms with Crippen LogP contribution in [0.25, 0.3) is 0 Å². The fourth-order valence-electron chi connectivity index (χ4n) is 1.84. The molecule has 0 aliphatic rings. The first-order chi connectivity index (χ1) is 8.10. The minimum absolute atomic E-state index is 0.0823. The van der Waals surface area contributed by atoms with Gasteiger partial charge in [0.15, 0.2) is 0 Å². The van der Waals surface area contributed by atoms with E-state index < -0.39 is 6.10 Å². The van der Waals surface area contributed by atoms with Crippen LogP contribution in [0.4, 0.5) is 5.69 Å². The average molecular weight is 239 g/mol. The molecule has 0 bridgehead atoms. The zero-order valence-corrected chi connectivity index (χ0v) is 10.4. The van der Waals surface area contributed by atoms with Crippen molar-refractivity contribution in [3.63, 3.8) is 0 Å². The Hall–Kier alpha value is -1.26. The molecular formula is C13H21NO3. The number of aromatic hydroxyl groups is 1. The second-order valence-electron chi connectivity index (χ2n) is 4.13. The highest BCUT2D eigenvalue weighted by molar-refractivity contribution is 5.53. The van der Waals surface area contributed by atoms with E-state index >= 15 is 0 Å². The first-order valence-corrected chi connectivity index (χ1v) is 5.97. The molecule has 4 heteroatoms. The van der Waals surface area contributed by atoms with Crippen LogP contribution >= 0.6 is 0 Å². The molecule has 0 saturated heterocycles. The van der Waals surface area contributed by atoms with E-state index in [1.807, 2.05) is 11.0 Å². The molecule has 17 heavy (non-hydrogen) atoms. The number of phenolic OH excluding ortho intramolecular Hbond substituents is 1. The van der Waals surface area contributed by atoms with Gasteiger partial charge in [0.05, 0.1) is 12.7 Å². The van der Waals surface area contributed by atoms with Crippen molar-refractivity contribution in [2.45, 2.75) is 26.4 Å². The van der Waals surface area contributed by atoms with Crippen LogP contribution in [0.15, 0.2) is 18.2 Å². The van der Waals surface area contributed by atoms with Gasteiger partial charge in [0.1, 0.15) is 5.75 Å². The van der Waals surface area contributed by atoms with Gasteiger partial charge in [-0.25, -0.2) is 0 Å². The summed E-state index contributed by atoms with van der Waals surface area (Å²) in [5, 5.41) is 28.2. The van der Waals surface area contributed by atoms with E-state index in [0.717, 1.165) is 18.7 Å².